The minimum atomic E-state index is -0.402. The molecule has 0 radical (unpaired) electrons. The molecule has 0 atom stereocenters. The second-order valence-corrected chi connectivity index (χ2v) is 9.02. The molecule has 34 heavy (non-hydrogen) atoms. The summed E-state index contributed by atoms with van der Waals surface area (Å²) in [5.41, 5.74) is 0.767. The number of carbonyl (C=O) groups excluding carboxylic acids is 2. The van der Waals surface area contributed by atoms with E-state index in [0.29, 0.717) is 10.8 Å². The fourth-order valence-corrected chi connectivity index (χ4v) is 4.22. The summed E-state index contributed by atoms with van der Waals surface area (Å²) in [5, 5.41) is 1.22. The van der Waals surface area contributed by atoms with Crippen LogP contribution in [0.25, 0.3) is 10.8 Å². The van der Waals surface area contributed by atoms with E-state index in [1.54, 1.807) is 6.92 Å². The van der Waals surface area contributed by atoms with E-state index in [1.165, 1.54) is 14.2 Å². The first-order chi connectivity index (χ1) is 16.2. The highest BCUT2D eigenvalue weighted by Gasteiger charge is 2.29. The standard InChI is InChI=1S/C27H39NO6/c1-9-15-27(5,6)17-22(30)34-24-20-16-18(28(11-3)12-4)13-14-19(20)23(33-21(29)10-2)25(31-7)26(24)32-8/h13-14,16H,9-12,15,17H2,1-8H3. The van der Waals surface area contributed by atoms with Gasteiger partial charge in [-0.15, -0.1) is 0 Å². The number of anilines is 1. The Hall–Kier alpha value is -2.96. The van der Waals surface area contributed by atoms with Crippen molar-refractivity contribution in [1.82, 2.24) is 0 Å². The Kier molecular flexibility index (Phi) is 9.59. The van der Waals surface area contributed by atoms with Crippen LogP contribution < -0.4 is 23.8 Å². The predicted molar refractivity (Wildman–Crippen MR) is 135 cm³/mol. The first kappa shape index (κ1) is 27.3. The van der Waals surface area contributed by atoms with Crippen LogP contribution >= 0.6 is 0 Å². The molecule has 0 unspecified atom stereocenters. The molecule has 7 heteroatoms. The third-order valence-electron chi connectivity index (χ3n) is 5.92. The van der Waals surface area contributed by atoms with Gasteiger partial charge < -0.3 is 23.8 Å². The topological polar surface area (TPSA) is 74.3 Å². The molecule has 7 nitrogen and oxygen atoms in total. The van der Waals surface area contributed by atoms with Crippen molar-refractivity contribution < 1.29 is 28.5 Å². The van der Waals surface area contributed by atoms with Crippen molar-refractivity contribution in [1.29, 1.82) is 0 Å². The second-order valence-electron chi connectivity index (χ2n) is 9.02. The average Bonchev–Trinajstić information content (AvgIpc) is 2.80. The smallest absolute Gasteiger partial charge is 0.311 e. The molecule has 0 N–H and O–H groups in total. The lowest BCUT2D eigenvalue weighted by Gasteiger charge is -2.25. The van der Waals surface area contributed by atoms with Gasteiger partial charge in [-0.25, -0.2) is 0 Å². The second kappa shape index (κ2) is 12.0. The minimum absolute atomic E-state index is 0.193. The number of rotatable bonds is 12. The molecule has 0 saturated heterocycles. The normalized spacial score (nSPS) is 11.3. The number of hydrogen-bond donors (Lipinski definition) is 0. The van der Waals surface area contributed by atoms with Crippen molar-refractivity contribution in [2.24, 2.45) is 5.41 Å². The highest BCUT2D eigenvalue weighted by Crippen LogP contribution is 2.52. The van der Waals surface area contributed by atoms with Crippen LogP contribution in [0.1, 0.15) is 67.2 Å². The maximum atomic E-state index is 13.0. The van der Waals surface area contributed by atoms with Crippen molar-refractivity contribution in [3.63, 3.8) is 0 Å². The fourth-order valence-electron chi connectivity index (χ4n) is 4.22. The molecule has 188 valence electrons. The lowest BCUT2D eigenvalue weighted by molar-refractivity contribution is -0.137. The zero-order valence-electron chi connectivity index (χ0n) is 21.9. The van der Waals surface area contributed by atoms with Crippen LogP contribution in [-0.4, -0.2) is 39.2 Å². The van der Waals surface area contributed by atoms with Gasteiger partial charge in [0.15, 0.2) is 11.5 Å². The summed E-state index contributed by atoms with van der Waals surface area (Å²) in [4.78, 5) is 27.5. The number of fused-ring (bicyclic) bond motifs is 1. The van der Waals surface area contributed by atoms with Gasteiger partial charge in [-0.2, -0.15) is 0 Å². The van der Waals surface area contributed by atoms with Crippen molar-refractivity contribution >= 4 is 28.4 Å². The summed E-state index contributed by atoms with van der Waals surface area (Å²) >= 11 is 0. The quantitative estimate of drug-likeness (QED) is 0.271. The Morgan fingerprint density at radius 3 is 1.88 bits per heavy atom. The molecule has 0 aliphatic heterocycles. The summed E-state index contributed by atoms with van der Waals surface area (Å²) in [7, 11) is 2.94. The highest BCUT2D eigenvalue weighted by molar-refractivity contribution is 6.02. The molecule has 0 fully saturated rings. The molecular formula is C27H39NO6. The summed E-state index contributed by atoms with van der Waals surface area (Å²) in [6.45, 7) is 13.7. The Bertz CT molecular complexity index is 1010. The van der Waals surface area contributed by atoms with E-state index in [-0.39, 0.29) is 47.2 Å². The number of methoxy groups -OCH3 is 2. The molecule has 2 rings (SSSR count). The van der Waals surface area contributed by atoms with E-state index < -0.39 is 5.97 Å². The van der Waals surface area contributed by atoms with E-state index in [2.05, 4.69) is 39.5 Å². The van der Waals surface area contributed by atoms with E-state index in [4.69, 9.17) is 18.9 Å². The van der Waals surface area contributed by atoms with Gasteiger partial charge in [0.1, 0.15) is 0 Å². The monoisotopic (exact) mass is 473 g/mol. The van der Waals surface area contributed by atoms with Crippen LogP contribution in [-0.2, 0) is 9.59 Å². The van der Waals surface area contributed by atoms with Crippen LogP contribution in [0.4, 0.5) is 5.69 Å². The molecule has 0 aliphatic rings. The SMILES string of the molecule is CCCC(C)(C)CC(=O)Oc1c(OC)c(OC)c(OC(=O)CC)c2ccc(N(CC)CC)cc12. The van der Waals surface area contributed by atoms with Gasteiger partial charge >= 0.3 is 11.9 Å². The van der Waals surface area contributed by atoms with Gasteiger partial charge in [0.05, 0.1) is 20.6 Å². The van der Waals surface area contributed by atoms with Crippen LogP contribution in [0.2, 0.25) is 0 Å². The molecule has 0 spiro atoms. The van der Waals surface area contributed by atoms with Crippen LogP contribution in [0, 0.1) is 5.41 Å². The Morgan fingerprint density at radius 1 is 0.824 bits per heavy atom. The summed E-state index contributed by atoms with van der Waals surface area (Å²) in [5.74, 6) is 0.179. The number of benzene rings is 2. The van der Waals surface area contributed by atoms with E-state index in [0.717, 1.165) is 31.6 Å². The van der Waals surface area contributed by atoms with Gasteiger partial charge in [-0.1, -0.05) is 34.1 Å². The largest absolute Gasteiger partial charge is 0.490 e. The third-order valence-corrected chi connectivity index (χ3v) is 5.92. The zero-order valence-corrected chi connectivity index (χ0v) is 21.9. The molecule has 0 aliphatic carbocycles. The molecule has 0 aromatic heterocycles. The molecule has 2 aromatic rings. The number of nitrogens with zero attached hydrogens (tertiary/aromatic N) is 1. The maximum Gasteiger partial charge on any atom is 0.311 e. The maximum absolute atomic E-state index is 13.0. The van der Waals surface area contributed by atoms with E-state index in [9.17, 15) is 9.59 Å². The number of ether oxygens (including phenoxy) is 4. The van der Waals surface area contributed by atoms with Crippen LogP contribution in [0.3, 0.4) is 0 Å². The zero-order chi connectivity index (χ0) is 25.5. The van der Waals surface area contributed by atoms with Crippen LogP contribution in [0.5, 0.6) is 23.0 Å². The van der Waals surface area contributed by atoms with Crippen molar-refractivity contribution in [2.45, 2.75) is 67.2 Å². The molecule has 0 saturated carbocycles. The van der Waals surface area contributed by atoms with Crippen molar-refractivity contribution in [3.05, 3.63) is 18.2 Å². The molecular weight excluding hydrogens is 434 g/mol. The first-order valence-corrected chi connectivity index (χ1v) is 12.0. The molecule has 0 bridgehead atoms. The first-order valence-electron chi connectivity index (χ1n) is 12.0. The Balaban J connectivity index is 2.77. The van der Waals surface area contributed by atoms with Gasteiger partial charge in [0.2, 0.25) is 11.5 Å². The number of carbonyl (C=O) groups is 2. The van der Waals surface area contributed by atoms with Gasteiger partial charge in [-0.05, 0) is 43.9 Å². The minimum Gasteiger partial charge on any atom is -0.490 e. The number of hydrogen-bond acceptors (Lipinski definition) is 7. The third kappa shape index (κ3) is 6.13. The number of esters is 2. The van der Waals surface area contributed by atoms with Crippen molar-refractivity contribution in [3.8, 4) is 23.0 Å². The average molecular weight is 474 g/mol. The Morgan fingerprint density at radius 2 is 1.38 bits per heavy atom. The predicted octanol–water partition coefficient (Wildman–Crippen LogP) is 6.14. The van der Waals surface area contributed by atoms with Gasteiger partial charge in [0, 0.05) is 36.0 Å². The molecule has 2 aromatic carbocycles. The van der Waals surface area contributed by atoms with Gasteiger partial charge in [-0.3, -0.25) is 9.59 Å². The lowest BCUT2D eigenvalue weighted by Crippen LogP contribution is -2.22. The van der Waals surface area contributed by atoms with E-state index >= 15 is 0 Å². The van der Waals surface area contributed by atoms with E-state index in [1.807, 2.05) is 18.2 Å². The lowest BCUT2D eigenvalue weighted by atomic mass is 9.85. The van der Waals surface area contributed by atoms with Crippen LogP contribution in [0.15, 0.2) is 18.2 Å². The fraction of sp³-hybridized carbons (Fsp3) is 0.556. The molecule has 0 heterocycles. The summed E-state index contributed by atoms with van der Waals surface area (Å²) in [6.07, 6.45) is 2.34. The van der Waals surface area contributed by atoms with Gasteiger partial charge in [0.25, 0.3) is 0 Å². The summed E-state index contributed by atoms with van der Waals surface area (Å²) < 4.78 is 22.9. The Labute approximate surface area is 203 Å². The van der Waals surface area contributed by atoms with Crippen molar-refractivity contribution in [2.75, 3.05) is 32.2 Å². The molecule has 0 amide bonds. The summed E-state index contributed by atoms with van der Waals surface area (Å²) in [6, 6.07) is 5.76. The highest BCUT2D eigenvalue weighted by atomic mass is 16.6.